The summed E-state index contributed by atoms with van der Waals surface area (Å²) in [6.45, 7) is 5.91. The maximum Gasteiger partial charge on any atom is 0.253 e. The molecule has 0 aliphatic rings. The summed E-state index contributed by atoms with van der Waals surface area (Å²) < 4.78 is 29.2. The Morgan fingerprint density at radius 1 is 1.14 bits per heavy atom. The molecule has 0 N–H and O–H groups in total. The second-order valence-corrected chi connectivity index (χ2v) is 5.26. The van der Waals surface area contributed by atoms with E-state index in [9.17, 15) is 18.4 Å². The number of aldehydes is 1. The van der Waals surface area contributed by atoms with Gasteiger partial charge in [0.2, 0.25) is 0 Å². The zero-order valence-electron chi connectivity index (χ0n) is 12.7. The first-order valence-corrected chi connectivity index (χ1v) is 7.05. The fourth-order valence-electron chi connectivity index (χ4n) is 2.44. The van der Waals surface area contributed by atoms with E-state index < -0.39 is 17.2 Å². The van der Waals surface area contributed by atoms with Gasteiger partial charge in [-0.1, -0.05) is 6.92 Å². The Bertz CT molecular complexity index is 771. The van der Waals surface area contributed by atoms with E-state index in [4.69, 9.17) is 0 Å². The molecule has 2 aromatic rings. The second kappa shape index (κ2) is 6.22. The molecule has 0 bridgehead atoms. The molecule has 0 amide bonds. The number of pyridine rings is 1. The summed E-state index contributed by atoms with van der Waals surface area (Å²) in [5.41, 5.74) is 1.43. The Balaban J connectivity index is 2.72. The Hall–Kier alpha value is -2.30. The first-order chi connectivity index (χ1) is 10.4. The summed E-state index contributed by atoms with van der Waals surface area (Å²) in [7, 11) is 0. The van der Waals surface area contributed by atoms with Crippen LogP contribution in [-0.4, -0.2) is 10.9 Å². The lowest BCUT2D eigenvalue weighted by Crippen LogP contribution is -2.23. The van der Waals surface area contributed by atoms with Crippen LogP contribution >= 0.6 is 0 Å². The van der Waals surface area contributed by atoms with Gasteiger partial charge in [-0.15, -0.1) is 0 Å². The van der Waals surface area contributed by atoms with Crippen molar-refractivity contribution in [2.75, 3.05) is 0 Å². The van der Waals surface area contributed by atoms with Crippen molar-refractivity contribution in [2.45, 2.75) is 33.7 Å². The number of carbonyl (C=O) groups is 1. The van der Waals surface area contributed by atoms with Gasteiger partial charge in [-0.2, -0.15) is 0 Å². The number of aryl methyl sites for hydroxylation is 1. The van der Waals surface area contributed by atoms with Crippen molar-refractivity contribution in [3.05, 3.63) is 57.0 Å². The summed E-state index contributed by atoms with van der Waals surface area (Å²) in [4.78, 5) is 22.8. The van der Waals surface area contributed by atoms with Gasteiger partial charge >= 0.3 is 0 Å². The largest absolute Gasteiger partial charge is 0.315 e. The normalized spacial score (nSPS) is 10.8. The summed E-state index contributed by atoms with van der Waals surface area (Å²) in [6.07, 6.45) is 2.54. The maximum absolute atomic E-state index is 13.8. The summed E-state index contributed by atoms with van der Waals surface area (Å²) in [5.74, 6) is -1.81. The van der Waals surface area contributed by atoms with Crippen LogP contribution in [0.2, 0.25) is 0 Å². The zero-order valence-corrected chi connectivity index (χ0v) is 12.7. The van der Waals surface area contributed by atoms with Gasteiger partial charge in [0.25, 0.3) is 5.56 Å². The van der Waals surface area contributed by atoms with Crippen molar-refractivity contribution in [1.82, 2.24) is 4.57 Å². The summed E-state index contributed by atoms with van der Waals surface area (Å²) >= 11 is 0. The van der Waals surface area contributed by atoms with E-state index in [0.29, 0.717) is 28.8 Å². The molecule has 116 valence electrons. The number of aromatic nitrogens is 1. The smallest absolute Gasteiger partial charge is 0.253 e. The van der Waals surface area contributed by atoms with Crippen molar-refractivity contribution >= 4 is 6.29 Å². The Morgan fingerprint density at radius 3 is 2.23 bits per heavy atom. The second-order valence-electron chi connectivity index (χ2n) is 5.26. The highest BCUT2D eigenvalue weighted by Crippen LogP contribution is 2.27. The quantitative estimate of drug-likeness (QED) is 0.809. The van der Waals surface area contributed by atoms with Gasteiger partial charge in [-0.25, -0.2) is 8.78 Å². The molecule has 0 atom stereocenters. The molecule has 2 rings (SSSR count). The van der Waals surface area contributed by atoms with Crippen LogP contribution < -0.4 is 5.56 Å². The van der Waals surface area contributed by atoms with Gasteiger partial charge < -0.3 is 4.57 Å². The molecule has 5 heteroatoms. The monoisotopic (exact) mass is 305 g/mol. The first kappa shape index (κ1) is 16.1. The van der Waals surface area contributed by atoms with E-state index in [1.807, 2.05) is 6.92 Å². The molecule has 1 heterocycles. The van der Waals surface area contributed by atoms with Gasteiger partial charge in [0.15, 0.2) is 6.29 Å². The van der Waals surface area contributed by atoms with Crippen molar-refractivity contribution in [1.29, 1.82) is 0 Å². The fourth-order valence-corrected chi connectivity index (χ4v) is 2.44. The van der Waals surface area contributed by atoms with Gasteiger partial charge in [-0.05, 0) is 43.5 Å². The number of nitrogens with zero attached hydrogens (tertiary/aromatic N) is 1. The Kier molecular flexibility index (Phi) is 4.54. The number of carbonyl (C=O) groups excluding carboxylic acids is 1. The minimum atomic E-state index is -0.907. The molecule has 0 spiro atoms. The average molecular weight is 305 g/mol. The molecule has 22 heavy (non-hydrogen) atoms. The minimum absolute atomic E-state index is 0.103. The molecular formula is C17H17F2NO2. The number of rotatable bonds is 4. The molecular weight excluding hydrogens is 288 g/mol. The zero-order chi connectivity index (χ0) is 16.4. The molecule has 0 fully saturated rings. The lowest BCUT2D eigenvalue weighted by atomic mass is 9.98. The van der Waals surface area contributed by atoms with E-state index in [2.05, 4.69) is 0 Å². The van der Waals surface area contributed by atoms with E-state index >= 15 is 0 Å². The third-order valence-electron chi connectivity index (χ3n) is 3.81. The van der Waals surface area contributed by atoms with Crippen LogP contribution in [0.15, 0.2) is 23.1 Å². The van der Waals surface area contributed by atoms with Crippen molar-refractivity contribution in [2.24, 2.45) is 0 Å². The van der Waals surface area contributed by atoms with Crippen molar-refractivity contribution in [3.8, 4) is 11.1 Å². The summed E-state index contributed by atoms with van der Waals surface area (Å²) in [5, 5.41) is 0. The molecule has 0 unspecified atom stereocenters. The number of halogens is 2. The topological polar surface area (TPSA) is 39.1 Å². The molecule has 0 aliphatic carbocycles. The van der Waals surface area contributed by atoms with E-state index in [0.717, 1.165) is 18.6 Å². The molecule has 0 radical (unpaired) electrons. The van der Waals surface area contributed by atoms with Crippen LogP contribution in [0.3, 0.4) is 0 Å². The lowest BCUT2D eigenvalue weighted by molar-refractivity contribution is 0.111. The van der Waals surface area contributed by atoms with Gasteiger partial charge in [0.05, 0.1) is 5.56 Å². The predicted molar refractivity (Wildman–Crippen MR) is 81.2 cm³/mol. The maximum atomic E-state index is 13.8. The van der Waals surface area contributed by atoms with Crippen LogP contribution in [0.25, 0.3) is 11.1 Å². The highest BCUT2D eigenvalue weighted by molar-refractivity contribution is 5.78. The molecule has 0 aliphatic heterocycles. The van der Waals surface area contributed by atoms with Crippen LogP contribution in [0, 0.1) is 25.5 Å². The molecule has 0 saturated heterocycles. The van der Waals surface area contributed by atoms with Gasteiger partial charge in [0.1, 0.15) is 11.6 Å². The SMILES string of the molecule is CCCn1cc(-c2cc(F)c(C=O)c(F)c2)c(C)c(C)c1=O. The van der Waals surface area contributed by atoms with Crippen LogP contribution in [0.4, 0.5) is 8.78 Å². The lowest BCUT2D eigenvalue weighted by Gasteiger charge is -2.14. The van der Waals surface area contributed by atoms with Crippen LogP contribution in [-0.2, 0) is 6.54 Å². The molecule has 0 saturated carbocycles. The van der Waals surface area contributed by atoms with E-state index in [-0.39, 0.29) is 11.8 Å². The third-order valence-corrected chi connectivity index (χ3v) is 3.81. The highest BCUT2D eigenvalue weighted by Gasteiger charge is 2.15. The van der Waals surface area contributed by atoms with E-state index in [1.165, 1.54) is 0 Å². The van der Waals surface area contributed by atoms with Crippen LogP contribution in [0.5, 0.6) is 0 Å². The number of hydrogen-bond acceptors (Lipinski definition) is 2. The third kappa shape index (κ3) is 2.71. The Morgan fingerprint density at radius 2 is 1.73 bits per heavy atom. The molecule has 3 nitrogen and oxygen atoms in total. The first-order valence-electron chi connectivity index (χ1n) is 7.05. The van der Waals surface area contributed by atoms with Gasteiger partial charge in [0, 0.05) is 23.9 Å². The standard InChI is InChI=1S/C17H17F2NO2/c1-4-5-20-8-13(10(2)11(3)17(20)22)12-6-15(18)14(9-21)16(19)7-12/h6-9H,4-5H2,1-3H3. The van der Waals surface area contributed by atoms with Crippen molar-refractivity contribution in [3.63, 3.8) is 0 Å². The fraction of sp³-hybridized carbons (Fsp3) is 0.294. The van der Waals surface area contributed by atoms with Gasteiger partial charge in [-0.3, -0.25) is 9.59 Å². The number of hydrogen-bond donors (Lipinski definition) is 0. The predicted octanol–water partition coefficient (Wildman–Crippen LogP) is 3.63. The molecule has 1 aromatic carbocycles. The van der Waals surface area contributed by atoms with Crippen LogP contribution in [0.1, 0.15) is 34.8 Å². The van der Waals surface area contributed by atoms with Crippen molar-refractivity contribution < 1.29 is 13.6 Å². The Labute approximate surface area is 127 Å². The average Bonchev–Trinajstić information content (AvgIpc) is 2.47. The summed E-state index contributed by atoms with van der Waals surface area (Å²) in [6, 6.07) is 2.24. The molecule has 1 aromatic heterocycles. The van der Waals surface area contributed by atoms with E-state index in [1.54, 1.807) is 24.6 Å². The highest BCUT2D eigenvalue weighted by atomic mass is 19.1. The number of benzene rings is 1. The minimum Gasteiger partial charge on any atom is -0.315 e.